The largest absolute Gasteiger partial charge is 0.493 e. The Bertz CT molecular complexity index is 361. The van der Waals surface area contributed by atoms with E-state index in [1.807, 2.05) is 6.07 Å². The highest BCUT2D eigenvalue weighted by Gasteiger charge is 2.09. The molecule has 15 heavy (non-hydrogen) atoms. The number of ether oxygens (including phenoxy) is 1. The molecule has 0 bridgehead atoms. The zero-order valence-corrected chi connectivity index (χ0v) is 9.45. The van der Waals surface area contributed by atoms with Crippen LogP contribution in [-0.2, 0) is 0 Å². The van der Waals surface area contributed by atoms with Crippen molar-refractivity contribution < 1.29 is 4.74 Å². The molecule has 3 nitrogen and oxygen atoms in total. The van der Waals surface area contributed by atoms with E-state index in [0.717, 1.165) is 6.42 Å². The zero-order valence-electron chi connectivity index (χ0n) is 9.45. The lowest BCUT2D eigenvalue weighted by Crippen LogP contribution is -2.11. The molecule has 0 aliphatic rings. The van der Waals surface area contributed by atoms with Gasteiger partial charge in [-0.25, -0.2) is 4.98 Å². The van der Waals surface area contributed by atoms with Crippen molar-refractivity contribution in [3.63, 3.8) is 0 Å². The van der Waals surface area contributed by atoms with Gasteiger partial charge < -0.3 is 4.74 Å². The summed E-state index contributed by atoms with van der Waals surface area (Å²) in [5.74, 6) is 0.714. The SMILES string of the molecule is CC(C)(C)CCOc1ccnc(C#N)c1. The van der Waals surface area contributed by atoms with Gasteiger partial charge in [-0.05, 0) is 17.9 Å². The maximum absolute atomic E-state index is 8.65. The van der Waals surface area contributed by atoms with Crippen molar-refractivity contribution >= 4 is 0 Å². The molecular formula is C12H16N2O. The number of aromatic nitrogens is 1. The van der Waals surface area contributed by atoms with Gasteiger partial charge in [0.2, 0.25) is 0 Å². The van der Waals surface area contributed by atoms with E-state index >= 15 is 0 Å². The van der Waals surface area contributed by atoms with Gasteiger partial charge in [-0.3, -0.25) is 0 Å². The van der Waals surface area contributed by atoms with Gasteiger partial charge in [-0.15, -0.1) is 0 Å². The van der Waals surface area contributed by atoms with Crippen LogP contribution in [-0.4, -0.2) is 11.6 Å². The lowest BCUT2D eigenvalue weighted by atomic mass is 9.93. The van der Waals surface area contributed by atoms with Gasteiger partial charge in [0.15, 0.2) is 0 Å². The summed E-state index contributed by atoms with van der Waals surface area (Å²) in [6, 6.07) is 5.41. The van der Waals surface area contributed by atoms with Gasteiger partial charge in [0.25, 0.3) is 0 Å². The number of rotatable bonds is 3. The van der Waals surface area contributed by atoms with Crippen LogP contribution in [0.2, 0.25) is 0 Å². The van der Waals surface area contributed by atoms with Crippen molar-refractivity contribution in [2.45, 2.75) is 27.2 Å². The third kappa shape index (κ3) is 4.46. The van der Waals surface area contributed by atoms with Crippen LogP contribution in [0.25, 0.3) is 0 Å². The summed E-state index contributed by atoms with van der Waals surface area (Å²) in [5.41, 5.74) is 0.661. The number of hydrogen-bond acceptors (Lipinski definition) is 3. The molecule has 1 rings (SSSR count). The van der Waals surface area contributed by atoms with Crippen LogP contribution < -0.4 is 4.74 Å². The van der Waals surface area contributed by atoms with Gasteiger partial charge in [-0.1, -0.05) is 20.8 Å². The maximum atomic E-state index is 8.65. The number of pyridine rings is 1. The Morgan fingerprint density at radius 1 is 1.47 bits per heavy atom. The Morgan fingerprint density at radius 3 is 2.80 bits per heavy atom. The average Bonchev–Trinajstić information content (AvgIpc) is 2.16. The molecule has 0 aliphatic carbocycles. The maximum Gasteiger partial charge on any atom is 0.144 e. The van der Waals surface area contributed by atoms with Crippen molar-refractivity contribution in [1.29, 1.82) is 5.26 Å². The summed E-state index contributed by atoms with van der Waals surface area (Å²) in [7, 11) is 0. The number of hydrogen-bond donors (Lipinski definition) is 0. The van der Waals surface area contributed by atoms with Gasteiger partial charge >= 0.3 is 0 Å². The fourth-order valence-electron chi connectivity index (χ4n) is 1.04. The van der Waals surface area contributed by atoms with E-state index in [-0.39, 0.29) is 5.41 Å². The molecule has 0 amide bonds. The summed E-state index contributed by atoms with van der Waals surface area (Å²) >= 11 is 0. The molecule has 0 saturated carbocycles. The van der Waals surface area contributed by atoms with Gasteiger partial charge in [0.05, 0.1) is 6.61 Å². The van der Waals surface area contributed by atoms with Crippen molar-refractivity contribution in [3.8, 4) is 11.8 Å². The molecular weight excluding hydrogens is 188 g/mol. The van der Waals surface area contributed by atoms with E-state index in [4.69, 9.17) is 10.00 Å². The minimum absolute atomic E-state index is 0.269. The van der Waals surface area contributed by atoms with E-state index in [9.17, 15) is 0 Å². The van der Waals surface area contributed by atoms with Crippen LogP contribution >= 0.6 is 0 Å². The lowest BCUT2D eigenvalue weighted by molar-refractivity contribution is 0.243. The minimum atomic E-state index is 0.269. The number of nitriles is 1. The zero-order chi connectivity index (χ0) is 11.3. The molecule has 0 spiro atoms. The molecule has 3 heteroatoms. The Hall–Kier alpha value is -1.56. The second-order valence-electron chi connectivity index (χ2n) is 4.65. The third-order valence-electron chi connectivity index (χ3n) is 1.97. The molecule has 0 N–H and O–H groups in total. The van der Waals surface area contributed by atoms with E-state index in [2.05, 4.69) is 25.8 Å². The first-order valence-electron chi connectivity index (χ1n) is 5.00. The Labute approximate surface area is 90.7 Å². The molecule has 0 aliphatic heterocycles. The van der Waals surface area contributed by atoms with Gasteiger partial charge in [0, 0.05) is 12.3 Å². The smallest absolute Gasteiger partial charge is 0.144 e. The second-order valence-corrected chi connectivity index (χ2v) is 4.65. The van der Waals surface area contributed by atoms with Crippen molar-refractivity contribution in [2.75, 3.05) is 6.61 Å². The highest BCUT2D eigenvalue weighted by molar-refractivity contribution is 5.29. The van der Waals surface area contributed by atoms with Gasteiger partial charge in [0.1, 0.15) is 17.5 Å². The quantitative estimate of drug-likeness (QED) is 0.760. The normalized spacial score (nSPS) is 10.8. The molecule has 0 atom stereocenters. The van der Waals surface area contributed by atoms with Crippen LogP contribution in [0.15, 0.2) is 18.3 Å². The second kappa shape index (κ2) is 4.79. The van der Waals surface area contributed by atoms with Crippen molar-refractivity contribution in [2.24, 2.45) is 5.41 Å². The molecule has 0 fully saturated rings. The van der Waals surface area contributed by atoms with Crippen LogP contribution in [0.5, 0.6) is 5.75 Å². The molecule has 1 aromatic heterocycles. The minimum Gasteiger partial charge on any atom is -0.493 e. The third-order valence-corrected chi connectivity index (χ3v) is 1.97. The average molecular weight is 204 g/mol. The fraction of sp³-hybridized carbons (Fsp3) is 0.500. The van der Waals surface area contributed by atoms with Crippen LogP contribution in [0.4, 0.5) is 0 Å². The first-order chi connectivity index (χ1) is 7.01. The Balaban J connectivity index is 2.48. The molecule has 1 heterocycles. The first-order valence-corrected chi connectivity index (χ1v) is 5.00. The van der Waals surface area contributed by atoms with E-state index in [1.54, 1.807) is 18.3 Å². The molecule has 1 aromatic rings. The summed E-state index contributed by atoms with van der Waals surface area (Å²) in [6.45, 7) is 7.18. The molecule has 0 unspecified atom stereocenters. The summed E-state index contributed by atoms with van der Waals surface area (Å²) in [6.07, 6.45) is 2.57. The predicted octanol–water partition coefficient (Wildman–Crippen LogP) is 2.77. The standard InChI is InChI=1S/C12H16N2O/c1-12(2,3)5-7-15-11-4-6-14-10(8-11)9-13/h4,6,8H,5,7H2,1-3H3. The summed E-state index contributed by atoms with van der Waals surface area (Å²) in [4.78, 5) is 3.87. The molecule has 0 saturated heterocycles. The Morgan fingerprint density at radius 2 is 2.20 bits per heavy atom. The van der Waals surface area contributed by atoms with E-state index in [1.165, 1.54) is 0 Å². The predicted molar refractivity (Wildman–Crippen MR) is 58.5 cm³/mol. The highest BCUT2D eigenvalue weighted by Crippen LogP contribution is 2.19. The Kier molecular flexibility index (Phi) is 3.68. The van der Waals surface area contributed by atoms with Crippen LogP contribution in [0, 0.1) is 16.7 Å². The van der Waals surface area contributed by atoms with E-state index in [0.29, 0.717) is 18.1 Å². The topological polar surface area (TPSA) is 45.9 Å². The van der Waals surface area contributed by atoms with E-state index < -0.39 is 0 Å². The van der Waals surface area contributed by atoms with Gasteiger partial charge in [-0.2, -0.15) is 5.26 Å². The summed E-state index contributed by atoms with van der Waals surface area (Å²) < 4.78 is 5.53. The fourth-order valence-corrected chi connectivity index (χ4v) is 1.04. The van der Waals surface area contributed by atoms with Crippen molar-refractivity contribution in [3.05, 3.63) is 24.0 Å². The van der Waals surface area contributed by atoms with Crippen LogP contribution in [0.1, 0.15) is 32.9 Å². The lowest BCUT2D eigenvalue weighted by Gasteiger charge is -2.17. The summed E-state index contributed by atoms with van der Waals surface area (Å²) in [5, 5.41) is 8.65. The first kappa shape index (κ1) is 11.5. The molecule has 80 valence electrons. The van der Waals surface area contributed by atoms with Crippen LogP contribution in [0.3, 0.4) is 0 Å². The number of nitrogens with zero attached hydrogens (tertiary/aromatic N) is 2. The molecule has 0 aromatic carbocycles. The highest BCUT2D eigenvalue weighted by atomic mass is 16.5. The monoisotopic (exact) mass is 204 g/mol. The molecule has 0 radical (unpaired) electrons. The van der Waals surface area contributed by atoms with Crippen molar-refractivity contribution in [1.82, 2.24) is 4.98 Å².